The maximum atomic E-state index is 13.9. The first kappa shape index (κ1) is 25.6. The third-order valence-corrected chi connectivity index (χ3v) is 7.23. The molecule has 202 valence electrons. The van der Waals surface area contributed by atoms with Crippen LogP contribution in [0.15, 0.2) is 103 Å². The average molecular weight is 535 g/mol. The van der Waals surface area contributed by atoms with Crippen molar-refractivity contribution < 1.29 is 23.9 Å². The van der Waals surface area contributed by atoms with Gasteiger partial charge in [0.05, 0.1) is 24.0 Å². The van der Waals surface area contributed by atoms with Gasteiger partial charge in [0.15, 0.2) is 17.6 Å². The van der Waals surface area contributed by atoms with E-state index in [0.717, 1.165) is 22.4 Å². The molecular weight excluding hydrogens is 504 g/mol. The number of amides is 2. The Morgan fingerprint density at radius 1 is 0.750 bits per heavy atom. The molecule has 0 spiro atoms. The van der Waals surface area contributed by atoms with Crippen molar-refractivity contribution >= 4 is 23.2 Å². The number of hydrogen-bond donors (Lipinski definition) is 0. The number of nitrogens with zero attached hydrogens (tertiary/aromatic N) is 2. The van der Waals surface area contributed by atoms with Crippen LogP contribution in [0.4, 0.5) is 11.4 Å². The maximum Gasteiger partial charge on any atom is 0.266 e. The normalized spacial score (nSPS) is 20.1. The fourth-order valence-corrected chi connectivity index (χ4v) is 5.41. The topological polar surface area (TPSA) is 68.3 Å². The van der Waals surface area contributed by atoms with Crippen molar-refractivity contribution in [3.8, 4) is 11.5 Å². The van der Waals surface area contributed by atoms with E-state index in [1.165, 1.54) is 4.90 Å². The van der Waals surface area contributed by atoms with Gasteiger partial charge in [-0.3, -0.25) is 14.4 Å². The van der Waals surface area contributed by atoms with Gasteiger partial charge >= 0.3 is 0 Å². The van der Waals surface area contributed by atoms with Gasteiger partial charge in [0.2, 0.25) is 5.91 Å². The van der Waals surface area contributed by atoms with Crippen LogP contribution >= 0.6 is 0 Å². The fraction of sp³-hybridized carbons (Fsp3) is 0.212. The molecule has 3 atom stereocenters. The highest BCUT2D eigenvalue weighted by Crippen LogP contribution is 2.48. The molecule has 2 fully saturated rings. The lowest BCUT2D eigenvalue weighted by atomic mass is 9.90. The van der Waals surface area contributed by atoms with E-state index in [2.05, 4.69) is 0 Å². The summed E-state index contributed by atoms with van der Waals surface area (Å²) in [5, 5.41) is 1.69. The lowest BCUT2D eigenvalue weighted by Crippen LogP contribution is -2.37. The van der Waals surface area contributed by atoms with E-state index in [4.69, 9.17) is 14.3 Å². The molecule has 2 heterocycles. The van der Waals surface area contributed by atoms with Crippen molar-refractivity contribution in [3.63, 3.8) is 0 Å². The second-order valence-electron chi connectivity index (χ2n) is 9.92. The Morgan fingerprint density at radius 3 is 2.20 bits per heavy atom. The van der Waals surface area contributed by atoms with E-state index in [0.29, 0.717) is 30.4 Å². The largest absolute Gasteiger partial charge is 0.490 e. The van der Waals surface area contributed by atoms with Crippen LogP contribution in [0.1, 0.15) is 29.7 Å². The van der Waals surface area contributed by atoms with Gasteiger partial charge in [-0.1, -0.05) is 66.7 Å². The molecule has 0 radical (unpaired) electrons. The van der Waals surface area contributed by atoms with E-state index in [1.807, 2.05) is 111 Å². The molecule has 0 N–H and O–H groups in total. The Balaban J connectivity index is 1.38. The summed E-state index contributed by atoms with van der Waals surface area (Å²) in [6, 6.07) is 32.0. The minimum atomic E-state index is -0.942. The second-order valence-corrected chi connectivity index (χ2v) is 9.92. The Labute approximate surface area is 233 Å². The molecule has 2 amide bonds. The number of para-hydroxylation sites is 1. The number of aryl methyl sites for hydroxylation is 1. The first-order chi connectivity index (χ1) is 19.5. The lowest BCUT2D eigenvalue weighted by molar-refractivity contribution is -0.126. The quantitative estimate of drug-likeness (QED) is 0.258. The minimum Gasteiger partial charge on any atom is -0.490 e. The van der Waals surface area contributed by atoms with Crippen LogP contribution in [-0.4, -0.2) is 24.5 Å². The van der Waals surface area contributed by atoms with Crippen molar-refractivity contribution in [2.45, 2.75) is 32.6 Å². The second kappa shape index (κ2) is 10.9. The molecular formula is C33H30N2O5. The number of rotatable bonds is 8. The minimum absolute atomic E-state index is 0.286. The average Bonchev–Trinajstić information content (AvgIpc) is 3.49. The summed E-state index contributed by atoms with van der Waals surface area (Å²) < 4.78 is 12.1. The number of carbonyl (C=O) groups excluding carboxylic acids is 2. The third kappa shape index (κ3) is 4.69. The Bertz CT molecular complexity index is 1520. The molecule has 2 saturated heterocycles. The zero-order valence-corrected chi connectivity index (χ0v) is 22.4. The molecule has 0 bridgehead atoms. The van der Waals surface area contributed by atoms with Crippen molar-refractivity contribution in [1.29, 1.82) is 0 Å². The number of imide groups is 1. The van der Waals surface area contributed by atoms with Crippen LogP contribution in [0, 0.1) is 12.8 Å². The highest BCUT2D eigenvalue weighted by atomic mass is 16.7. The Hall–Kier alpha value is -4.62. The molecule has 0 unspecified atom stereocenters. The van der Waals surface area contributed by atoms with E-state index in [9.17, 15) is 9.59 Å². The summed E-state index contributed by atoms with van der Waals surface area (Å²) in [7, 11) is 0. The van der Waals surface area contributed by atoms with E-state index < -0.39 is 18.1 Å². The summed E-state index contributed by atoms with van der Waals surface area (Å²) in [5.74, 6) is -0.215. The SMILES string of the molecule is CCOc1cc([C@@H]2[C@H]3C(=O)N(c4cccc(C)c4)C(=O)[C@H]3ON2c2ccccc2)ccc1OCc1ccccc1. The van der Waals surface area contributed by atoms with Gasteiger partial charge in [-0.2, -0.15) is 0 Å². The lowest BCUT2D eigenvalue weighted by Gasteiger charge is -2.29. The number of anilines is 2. The predicted octanol–water partition coefficient (Wildman–Crippen LogP) is 6.02. The molecule has 40 heavy (non-hydrogen) atoms. The highest BCUT2D eigenvalue weighted by Gasteiger charge is 2.60. The number of fused-ring (bicyclic) bond motifs is 1. The molecule has 0 aromatic heterocycles. The molecule has 2 aliphatic rings. The van der Waals surface area contributed by atoms with Crippen molar-refractivity contribution in [2.24, 2.45) is 5.92 Å². The third-order valence-electron chi connectivity index (χ3n) is 7.23. The van der Waals surface area contributed by atoms with Crippen LogP contribution in [0.5, 0.6) is 11.5 Å². The zero-order valence-electron chi connectivity index (χ0n) is 22.4. The van der Waals surface area contributed by atoms with Crippen molar-refractivity contribution in [3.05, 3.63) is 120 Å². The van der Waals surface area contributed by atoms with E-state index in [1.54, 1.807) is 11.1 Å². The van der Waals surface area contributed by atoms with Gasteiger partial charge in [0.1, 0.15) is 12.5 Å². The highest BCUT2D eigenvalue weighted by molar-refractivity contribution is 6.24. The summed E-state index contributed by atoms with van der Waals surface area (Å²) in [6.45, 7) is 4.69. The molecule has 4 aromatic carbocycles. The van der Waals surface area contributed by atoms with Gasteiger partial charge in [-0.15, -0.1) is 0 Å². The van der Waals surface area contributed by atoms with Crippen molar-refractivity contribution in [1.82, 2.24) is 0 Å². The standard InChI is InChI=1S/C33H30N2O5/c1-3-38-28-20-24(17-18-27(28)39-21-23-12-6-4-7-13-23)30-29-31(40-35(30)25-14-8-5-9-15-25)33(37)34(32(29)36)26-16-10-11-22(2)19-26/h4-20,29-31H,3,21H2,1-2H3/t29-,30-,31+/m1/s1. The number of hydrogen-bond acceptors (Lipinski definition) is 6. The van der Waals surface area contributed by atoms with E-state index in [-0.39, 0.29) is 11.8 Å². The number of benzene rings is 4. The van der Waals surface area contributed by atoms with Crippen molar-refractivity contribution in [2.75, 3.05) is 16.6 Å². The number of carbonyl (C=O) groups is 2. The Kier molecular flexibility index (Phi) is 6.97. The van der Waals surface area contributed by atoms with E-state index >= 15 is 0 Å². The first-order valence-electron chi connectivity index (χ1n) is 13.4. The van der Waals surface area contributed by atoms with Crippen LogP contribution in [0.3, 0.4) is 0 Å². The van der Waals surface area contributed by atoms with Crippen LogP contribution in [0.2, 0.25) is 0 Å². The zero-order chi connectivity index (χ0) is 27.6. The van der Waals surface area contributed by atoms with Gasteiger partial charge in [0.25, 0.3) is 5.91 Å². The molecule has 6 rings (SSSR count). The maximum absolute atomic E-state index is 13.9. The molecule has 2 aliphatic heterocycles. The molecule has 0 saturated carbocycles. The summed E-state index contributed by atoms with van der Waals surface area (Å²) in [4.78, 5) is 35.1. The van der Waals surface area contributed by atoms with Gasteiger partial charge < -0.3 is 9.47 Å². The molecule has 4 aromatic rings. The van der Waals surface area contributed by atoms with Crippen LogP contribution in [0.25, 0.3) is 0 Å². The molecule has 7 nitrogen and oxygen atoms in total. The Morgan fingerprint density at radius 2 is 1.48 bits per heavy atom. The summed E-state index contributed by atoms with van der Waals surface area (Å²) >= 11 is 0. The predicted molar refractivity (Wildman–Crippen MR) is 152 cm³/mol. The summed E-state index contributed by atoms with van der Waals surface area (Å²) in [6.07, 6.45) is -0.942. The van der Waals surface area contributed by atoms with Crippen LogP contribution < -0.4 is 19.4 Å². The summed E-state index contributed by atoms with van der Waals surface area (Å²) in [5.41, 5.74) is 4.11. The monoisotopic (exact) mass is 534 g/mol. The van der Waals surface area contributed by atoms with Gasteiger partial charge in [-0.25, -0.2) is 9.96 Å². The van der Waals surface area contributed by atoms with Gasteiger partial charge in [0, 0.05) is 0 Å². The molecule has 7 heteroatoms. The number of ether oxygens (including phenoxy) is 2. The fourth-order valence-electron chi connectivity index (χ4n) is 5.41. The first-order valence-corrected chi connectivity index (χ1v) is 13.4. The van der Waals surface area contributed by atoms with Gasteiger partial charge in [-0.05, 0) is 66.9 Å². The smallest absolute Gasteiger partial charge is 0.266 e. The van der Waals surface area contributed by atoms with Crippen LogP contribution in [-0.2, 0) is 21.0 Å². The molecule has 0 aliphatic carbocycles. The number of hydroxylamine groups is 1.